The van der Waals surface area contributed by atoms with Gasteiger partial charge in [0.05, 0.1) is 18.1 Å². The molecule has 1 heterocycles. The summed E-state index contributed by atoms with van der Waals surface area (Å²) in [5, 5.41) is 19.6. The Bertz CT molecular complexity index is 632. The number of carbonyl (C=O) groups excluding carboxylic acids is 1. The first-order chi connectivity index (χ1) is 11.4. The summed E-state index contributed by atoms with van der Waals surface area (Å²) in [6, 6.07) is 7.23. The fraction of sp³-hybridized carbons (Fsp3) is 0.471. The average molecular weight is 331 g/mol. The van der Waals surface area contributed by atoms with Gasteiger partial charge in [-0.3, -0.25) is 0 Å². The fourth-order valence-electron chi connectivity index (χ4n) is 2.33. The number of nitrogens with zero attached hydrogens (tertiary/aromatic N) is 4. The van der Waals surface area contributed by atoms with Crippen LogP contribution in [0.3, 0.4) is 0 Å². The summed E-state index contributed by atoms with van der Waals surface area (Å²) >= 11 is 0. The minimum atomic E-state index is -0.160. The summed E-state index contributed by atoms with van der Waals surface area (Å²) in [6.45, 7) is 7.46. The lowest BCUT2D eigenvalue weighted by atomic mass is 9.96. The number of nitrogens with one attached hydrogen (secondary N) is 1. The number of amides is 2. The van der Waals surface area contributed by atoms with Gasteiger partial charge in [0.15, 0.2) is 0 Å². The molecule has 7 heteroatoms. The number of rotatable bonds is 6. The lowest BCUT2D eigenvalue weighted by Crippen LogP contribution is -2.41. The highest BCUT2D eigenvalue weighted by Gasteiger charge is 2.20. The Morgan fingerprint density at radius 2 is 2.00 bits per heavy atom. The third kappa shape index (κ3) is 5.34. The van der Waals surface area contributed by atoms with Crippen LogP contribution in [0.4, 0.5) is 10.5 Å². The molecular weight excluding hydrogens is 306 g/mol. The van der Waals surface area contributed by atoms with E-state index in [1.807, 2.05) is 24.3 Å². The van der Waals surface area contributed by atoms with Crippen molar-refractivity contribution < 1.29 is 9.90 Å². The van der Waals surface area contributed by atoms with E-state index in [9.17, 15) is 4.79 Å². The standard InChI is InChI=1S/C17H25N5O2/c1-17(2,3)13-21(10-4-12-23)16(24)19-14-5-7-15(8-6-14)22-11-9-18-20-22/h5-9,11,23H,4,10,12-13H2,1-3H3,(H,19,24). The summed E-state index contributed by atoms with van der Waals surface area (Å²) in [7, 11) is 0. The fourth-order valence-corrected chi connectivity index (χ4v) is 2.33. The van der Waals surface area contributed by atoms with Gasteiger partial charge in [-0.2, -0.15) is 0 Å². The number of urea groups is 1. The molecule has 0 aliphatic rings. The van der Waals surface area contributed by atoms with Gasteiger partial charge in [-0.15, -0.1) is 5.10 Å². The maximum Gasteiger partial charge on any atom is 0.321 e. The van der Waals surface area contributed by atoms with Crippen LogP contribution >= 0.6 is 0 Å². The third-order valence-electron chi connectivity index (χ3n) is 3.34. The van der Waals surface area contributed by atoms with Crippen molar-refractivity contribution in [3.05, 3.63) is 36.7 Å². The van der Waals surface area contributed by atoms with Gasteiger partial charge in [0.25, 0.3) is 0 Å². The lowest BCUT2D eigenvalue weighted by Gasteiger charge is -2.30. The zero-order chi connectivity index (χ0) is 17.6. The van der Waals surface area contributed by atoms with Crippen molar-refractivity contribution in [1.29, 1.82) is 0 Å². The highest BCUT2D eigenvalue weighted by molar-refractivity contribution is 5.89. The molecule has 0 aliphatic carbocycles. The van der Waals surface area contributed by atoms with E-state index in [2.05, 4.69) is 36.4 Å². The molecule has 0 saturated carbocycles. The van der Waals surface area contributed by atoms with Gasteiger partial charge in [-0.25, -0.2) is 9.48 Å². The Hall–Kier alpha value is -2.41. The van der Waals surface area contributed by atoms with E-state index < -0.39 is 0 Å². The maximum atomic E-state index is 12.5. The summed E-state index contributed by atoms with van der Waals surface area (Å²) in [5.41, 5.74) is 1.58. The molecule has 0 aliphatic heterocycles. The number of benzene rings is 1. The van der Waals surface area contributed by atoms with Crippen molar-refractivity contribution >= 4 is 11.7 Å². The van der Waals surface area contributed by atoms with Crippen molar-refractivity contribution in [3.63, 3.8) is 0 Å². The zero-order valence-corrected chi connectivity index (χ0v) is 14.4. The molecule has 0 bridgehead atoms. The molecule has 0 saturated heterocycles. The van der Waals surface area contributed by atoms with Crippen LogP contribution in [0.25, 0.3) is 5.69 Å². The van der Waals surface area contributed by atoms with Gasteiger partial charge in [-0.1, -0.05) is 26.0 Å². The third-order valence-corrected chi connectivity index (χ3v) is 3.34. The summed E-state index contributed by atoms with van der Waals surface area (Å²) in [6.07, 6.45) is 3.93. The Morgan fingerprint density at radius 3 is 2.54 bits per heavy atom. The number of aliphatic hydroxyl groups excluding tert-OH is 1. The monoisotopic (exact) mass is 331 g/mol. The first-order valence-corrected chi connectivity index (χ1v) is 8.02. The van der Waals surface area contributed by atoms with Gasteiger partial charge in [0.1, 0.15) is 0 Å². The Kier molecular flexibility index (Phi) is 5.92. The topological polar surface area (TPSA) is 83.3 Å². The molecule has 0 atom stereocenters. The number of aromatic nitrogens is 3. The Labute approximate surface area is 142 Å². The molecule has 7 nitrogen and oxygen atoms in total. The molecule has 0 radical (unpaired) electrons. The number of hydrogen-bond acceptors (Lipinski definition) is 4. The molecule has 2 N–H and O–H groups in total. The van der Waals surface area contributed by atoms with E-state index in [-0.39, 0.29) is 18.1 Å². The number of anilines is 1. The van der Waals surface area contributed by atoms with E-state index in [1.54, 1.807) is 22.0 Å². The van der Waals surface area contributed by atoms with Crippen LogP contribution in [-0.2, 0) is 0 Å². The van der Waals surface area contributed by atoms with Crippen molar-refractivity contribution in [3.8, 4) is 5.69 Å². The van der Waals surface area contributed by atoms with Gasteiger partial charge < -0.3 is 15.3 Å². The van der Waals surface area contributed by atoms with E-state index in [0.717, 1.165) is 5.69 Å². The van der Waals surface area contributed by atoms with Gasteiger partial charge >= 0.3 is 6.03 Å². The molecule has 2 aromatic rings. The first-order valence-electron chi connectivity index (χ1n) is 8.02. The SMILES string of the molecule is CC(C)(C)CN(CCCO)C(=O)Nc1ccc(-n2ccnn2)cc1. The number of carbonyl (C=O) groups is 1. The second-order valence-electron chi connectivity index (χ2n) is 6.88. The van der Waals surface area contributed by atoms with Gasteiger partial charge in [0, 0.05) is 25.4 Å². The Morgan fingerprint density at radius 1 is 1.29 bits per heavy atom. The largest absolute Gasteiger partial charge is 0.396 e. The van der Waals surface area contributed by atoms with Crippen molar-refractivity contribution in [1.82, 2.24) is 19.9 Å². The molecule has 0 fully saturated rings. The predicted octanol–water partition coefficient (Wildman–Crippen LogP) is 2.53. The molecular formula is C17H25N5O2. The summed E-state index contributed by atoms with van der Waals surface area (Å²) < 4.78 is 1.65. The minimum Gasteiger partial charge on any atom is -0.396 e. The quantitative estimate of drug-likeness (QED) is 0.852. The van der Waals surface area contributed by atoms with E-state index in [1.165, 1.54) is 0 Å². The highest BCUT2D eigenvalue weighted by atomic mass is 16.3. The number of hydrogen-bond donors (Lipinski definition) is 2. The molecule has 2 rings (SSSR count). The molecule has 2 amide bonds. The van der Waals surface area contributed by atoms with Gasteiger partial charge in [0.2, 0.25) is 0 Å². The van der Waals surface area contributed by atoms with Crippen LogP contribution in [0.15, 0.2) is 36.7 Å². The molecule has 0 unspecified atom stereocenters. The highest BCUT2D eigenvalue weighted by Crippen LogP contribution is 2.17. The zero-order valence-electron chi connectivity index (χ0n) is 14.4. The molecule has 1 aromatic heterocycles. The second kappa shape index (κ2) is 7.92. The van der Waals surface area contributed by atoms with Crippen LogP contribution in [0, 0.1) is 5.41 Å². The van der Waals surface area contributed by atoms with E-state index >= 15 is 0 Å². The van der Waals surface area contributed by atoms with Crippen LogP contribution in [-0.4, -0.2) is 50.7 Å². The van der Waals surface area contributed by atoms with Crippen molar-refractivity contribution in [2.24, 2.45) is 5.41 Å². The van der Waals surface area contributed by atoms with E-state index in [4.69, 9.17) is 5.11 Å². The average Bonchev–Trinajstić information content (AvgIpc) is 3.05. The maximum absolute atomic E-state index is 12.5. The molecule has 1 aromatic carbocycles. The molecule has 130 valence electrons. The first kappa shape index (κ1) is 17.9. The smallest absolute Gasteiger partial charge is 0.321 e. The summed E-state index contributed by atoms with van der Waals surface area (Å²) in [4.78, 5) is 14.3. The minimum absolute atomic E-state index is 0.0102. The molecule has 24 heavy (non-hydrogen) atoms. The van der Waals surface area contributed by atoms with Crippen molar-refractivity contribution in [2.75, 3.05) is 25.0 Å². The second-order valence-corrected chi connectivity index (χ2v) is 6.88. The predicted molar refractivity (Wildman–Crippen MR) is 93.1 cm³/mol. The van der Waals surface area contributed by atoms with Crippen LogP contribution in [0.5, 0.6) is 0 Å². The van der Waals surface area contributed by atoms with Crippen LogP contribution in [0.1, 0.15) is 27.2 Å². The van der Waals surface area contributed by atoms with Crippen LogP contribution in [0.2, 0.25) is 0 Å². The lowest BCUT2D eigenvalue weighted by molar-refractivity contribution is 0.176. The number of aliphatic hydroxyl groups is 1. The Balaban J connectivity index is 2.02. The van der Waals surface area contributed by atoms with E-state index in [0.29, 0.717) is 25.2 Å². The normalized spacial score (nSPS) is 11.3. The van der Waals surface area contributed by atoms with Gasteiger partial charge in [-0.05, 0) is 36.1 Å². The summed E-state index contributed by atoms with van der Waals surface area (Å²) in [5.74, 6) is 0. The van der Waals surface area contributed by atoms with Crippen molar-refractivity contribution in [2.45, 2.75) is 27.2 Å². The van der Waals surface area contributed by atoms with Crippen LogP contribution < -0.4 is 5.32 Å². The molecule has 0 spiro atoms.